The van der Waals surface area contributed by atoms with Gasteiger partial charge in [0.25, 0.3) is 0 Å². The third-order valence-corrected chi connectivity index (χ3v) is 4.73. The zero-order valence-corrected chi connectivity index (χ0v) is 12.8. The molecular weight excluding hydrogens is 234 g/mol. The molecule has 2 aliphatic carbocycles. The molecule has 0 N–H and O–H groups in total. The zero-order valence-electron chi connectivity index (χ0n) is 12.8. The highest BCUT2D eigenvalue weighted by Gasteiger charge is 2.18. The highest BCUT2D eigenvalue weighted by atomic mass is 16.5. The Balaban J connectivity index is 1.68. The van der Waals surface area contributed by atoms with E-state index in [-0.39, 0.29) is 0 Å². The van der Waals surface area contributed by atoms with Crippen molar-refractivity contribution in [3.05, 3.63) is 24.0 Å². The Kier molecular flexibility index (Phi) is 5.50. The molecule has 19 heavy (non-hydrogen) atoms. The molecule has 0 spiro atoms. The lowest BCUT2D eigenvalue weighted by Gasteiger charge is -2.31. The van der Waals surface area contributed by atoms with E-state index in [0.29, 0.717) is 11.8 Å². The molecule has 2 nitrogen and oxygen atoms in total. The van der Waals surface area contributed by atoms with E-state index in [1.807, 2.05) is 0 Å². The van der Waals surface area contributed by atoms with Crippen LogP contribution in [0.15, 0.2) is 24.0 Å². The van der Waals surface area contributed by atoms with Crippen LogP contribution in [-0.2, 0) is 4.74 Å². The summed E-state index contributed by atoms with van der Waals surface area (Å²) in [7, 11) is 2.25. The highest BCUT2D eigenvalue weighted by Crippen LogP contribution is 2.23. The largest absolute Gasteiger partial charge is 0.493 e. The molecular formula is C17H29NO. The van der Waals surface area contributed by atoms with Crippen molar-refractivity contribution in [1.29, 1.82) is 0 Å². The number of allylic oxidation sites excluding steroid dienone is 3. The van der Waals surface area contributed by atoms with Gasteiger partial charge >= 0.3 is 0 Å². The lowest BCUT2D eigenvalue weighted by atomic mass is 9.91. The van der Waals surface area contributed by atoms with Crippen LogP contribution in [0.5, 0.6) is 0 Å². The van der Waals surface area contributed by atoms with Gasteiger partial charge in [-0.3, -0.25) is 0 Å². The van der Waals surface area contributed by atoms with Gasteiger partial charge in [0.1, 0.15) is 12.4 Å². The Hall–Kier alpha value is -0.760. The molecule has 0 aliphatic heterocycles. The number of hydrogen-bond acceptors (Lipinski definition) is 2. The van der Waals surface area contributed by atoms with Gasteiger partial charge in [0, 0.05) is 12.6 Å². The van der Waals surface area contributed by atoms with Gasteiger partial charge < -0.3 is 9.64 Å². The van der Waals surface area contributed by atoms with Crippen molar-refractivity contribution in [2.45, 2.75) is 52.0 Å². The first kappa shape index (κ1) is 14.6. The molecule has 0 aromatic rings. The first-order chi connectivity index (χ1) is 9.16. The minimum Gasteiger partial charge on any atom is -0.493 e. The van der Waals surface area contributed by atoms with Crippen molar-refractivity contribution >= 4 is 0 Å². The van der Waals surface area contributed by atoms with Crippen LogP contribution in [0.4, 0.5) is 0 Å². The standard InChI is InChI=1S/C17H29NO/c1-14-9-10-17(13-15(14)2)19-12-11-18(3)16-7-5-4-6-8-16/h9-10,13-16H,4-8,11-12H2,1-3H3/t14-,15+/m0/s1. The Bertz CT molecular complexity index is 328. The maximum absolute atomic E-state index is 5.90. The van der Waals surface area contributed by atoms with E-state index in [1.54, 1.807) is 0 Å². The zero-order chi connectivity index (χ0) is 13.7. The molecule has 0 radical (unpaired) electrons. The topological polar surface area (TPSA) is 12.5 Å². The van der Waals surface area contributed by atoms with Crippen molar-refractivity contribution < 1.29 is 4.74 Å². The molecule has 0 bridgehead atoms. The van der Waals surface area contributed by atoms with E-state index < -0.39 is 0 Å². The van der Waals surface area contributed by atoms with Crippen molar-refractivity contribution in [3.63, 3.8) is 0 Å². The molecule has 2 atom stereocenters. The molecule has 0 aromatic heterocycles. The summed E-state index contributed by atoms with van der Waals surface area (Å²) in [4.78, 5) is 2.48. The SMILES string of the molecule is C[C@@H]1C=C(OCCN(C)C2CCCCC2)C=C[C@@H]1C. The van der Waals surface area contributed by atoms with E-state index >= 15 is 0 Å². The van der Waals surface area contributed by atoms with E-state index in [4.69, 9.17) is 4.74 Å². The first-order valence-corrected chi connectivity index (χ1v) is 7.90. The van der Waals surface area contributed by atoms with Crippen LogP contribution in [0.25, 0.3) is 0 Å². The number of likely N-dealkylation sites (N-methyl/N-ethyl adjacent to an activating group) is 1. The quantitative estimate of drug-likeness (QED) is 0.743. The number of rotatable bonds is 5. The van der Waals surface area contributed by atoms with Gasteiger partial charge in [-0.1, -0.05) is 39.2 Å². The van der Waals surface area contributed by atoms with Crippen LogP contribution in [0.1, 0.15) is 46.0 Å². The minimum absolute atomic E-state index is 0.594. The Labute approximate surface area is 118 Å². The predicted molar refractivity (Wildman–Crippen MR) is 81.0 cm³/mol. The monoisotopic (exact) mass is 263 g/mol. The Morgan fingerprint density at radius 3 is 2.58 bits per heavy atom. The predicted octanol–water partition coefficient (Wildman–Crippen LogP) is 3.99. The van der Waals surface area contributed by atoms with Crippen LogP contribution >= 0.6 is 0 Å². The summed E-state index contributed by atoms with van der Waals surface area (Å²) in [6.07, 6.45) is 13.6. The number of hydrogen-bond donors (Lipinski definition) is 0. The molecule has 108 valence electrons. The van der Waals surface area contributed by atoms with E-state index in [1.165, 1.54) is 32.1 Å². The van der Waals surface area contributed by atoms with Gasteiger partial charge in [-0.05, 0) is 43.9 Å². The molecule has 1 saturated carbocycles. The number of nitrogens with zero attached hydrogens (tertiary/aromatic N) is 1. The van der Waals surface area contributed by atoms with Crippen LogP contribution in [0.2, 0.25) is 0 Å². The summed E-state index contributed by atoms with van der Waals surface area (Å²) >= 11 is 0. The maximum Gasteiger partial charge on any atom is 0.115 e. The molecule has 2 heteroatoms. The van der Waals surface area contributed by atoms with Crippen LogP contribution < -0.4 is 0 Å². The van der Waals surface area contributed by atoms with Gasteiger partial charge in [0.05, 0.1) is 0 Å². The normalized spacial score (nSPS) is 28.5. The fourth-order valence-corrected chi connectivity index (χ4v) is 3.00. The van der Waals surface area contributed by atoms with Crippen molar-refractivity contribution in [1.82, 2.24) is 4.90 Å². The molecule has 1 fully saturated rings. The number of ether oxygens (including phenoxy) is 1. The second-order valence-corrected chi connectivity index (χ2v) is 6.27. The lowest BCUT2D eigenvalue weighted by Crippen LogP contribution is -2.35. The Morgan fingerprint density at radius 1 is 1.16 bits per heavy atom. The molecule has 0 unspecified atom stereocenters. The molecule has 0 heterocycles. The molecule has 0 saturated heterocycles. The molecule has 0 amide bonds. The molecule has 2 rings (SSSR count). The van der Waals surface area contributed by atoms with Gasteiger partial charge in [-0.15, -0.1) is 0 Å². The van der Waals surface area contributed by atoms with Gasteiger partial charge in [-0.2, -0.15) is 0 Å². The smallest absolute Gasteiger partial charge is 0.115 e. The summed E-state index contributed by atoms with van der Waals surface area (Å²) < 4.78 is 5.90. The van der Waals surface area contributed by atoms with E-state index in [0.717, 1.165) is 25.0 Å². The van der Waals surface area contributed by atoms with Crippen molar-refractivity contribution in [2.75, 3.05) is 20.2 Å². The summed E-state index contributed by atoms with van der Waals surface area (Å²) in [5, 5.41) is 0. The van der Waals surface area contributed by atoms with Crippen LogP contribution in [0, 0.1) is 11.8 Å². The fourth-order valence-electron chi connectivity index (χ4n) is 3.00. The summed E-state index contributed by atoms with van der Waals surface area (Å²) in [5.41, 5.74) is 0. The average Bonchev–Trinajstić information content (AvgIpc) is 2.43. The maximum atomic E-state index is 5.90. The Morgan fingerprint density at radius 2 is 1.89 bits per heavy atom. The second kappa shape index (κ2) is 7.14. The van der Waals surface area contributed by atoms with E-state index in [2.05, 4.69) is 44.0 Å². The molecule has 2 aliphatic rings. The third kappa shape index (κ3) is 4.38. The van der Waals surface area contributed by atoms with Crippen LogP contribution in [0.3, 0.4) is 0 Å². The van der Waals surface area contributed by atoms with Gasteiger partial charge in [0.2, 0.25) is 0 Å². The van der Waals surface area contributed by atoms with Crippen LogP contribution in [-0.4, -0.2) is 31.1 Å². The fraction of sp³-hybridized carbons (Fsp3) is 0.765. The minimum atomic E-state index is 0.594. The summed E-state index contributed by atoms with van der Waals surface area (Å²) in [6, 6.07) is 0.784. The van der Waals surface area contributed by atoms with E-state index in [9.17, 15) is 0 Å². The first-order valence-electron chi connectivity index (χ1n) is 7.90. The third-order valence-electron chi connectivity index (χ3n) is 4.73. The van der Waals surface area contributed by atoms with Crippen molar-refractivity contribution in [2.24, 2.45) is 11.8 Å². The highest BCUT2D eigenvalue weighted by molar-refractivity contribution is 5.19. The summed E-state index contributed by atoms with van der Waals surface area (Å²) in [6.45, 7) is 6.36. The molecule has 0 aromatic carbocycles. The van der Waals surface area contributed by atoms with Crippen molar-refractivity contribution in [3.8, 4) is 0 Å². The van der Waals surface area contributed by atoms with Gasteiger partial charge in [-0.25, -0.2) is 0 Å². The average molecular weight is 263 g/mol. The second-order valence-electron chi connectivity index (χ2n) is 6.27. The lowest BCUT2D eigenvalue weighted by molar-refractivity contribution is 0.132. The summed E-state index contributed by atoms with van der Waals surface area (Å²) in [5.74, 6) is 2.29. The van der Waals surface area contributed by atoms with Gasteiger partial charge in [0.15, 0.2) is 0 Å².